The van der Waals surface area contributed by atoms with Crippen LogP contribution in [0.25, 0.3) is 0 Å². The van der Waals surface area contributed by atoms with Crippen LogP contribution in [0.5, 0.6) is 11.5 Å². The number of aryl methyl sites for hydroxylation is 1. The van der Waals surface area contributed by atoms with Gasteiger partial charge in [0.25, 0.3) is 0 Å². The van der Waals surface area contributed by atoms with E-state index in [-0.39, 0.29) is 11.2 Å². The standard InChI is InChI=1S/C12H17NO2/c1-8-5-9(12(7-13)3-4-12)11(14)10(6-8)15-2/h5-6,14H,3-4,7,13H2,1-2H3. The Balaban J connectivity index is 2.51. The fourth-order valence-corrected chi connectivity index (χ4v) is 2.04. The lowest BCUT2D eigenvalue weighted by Gasteiger charge is -2.17. The van der Waals surface area contributed by atoms with Crippen LogP contribution in [0, 0.1) is 6.92 Å². The fourth-order valence-electron chi connectivity index (χ4n) is 2.04. The van der Waals surface area contributed by atoms with Crippen molar-refractivity contribution >= 4 is 0 Å². The minimum absolute atomic E-state index is 0.00336. The number of benzene rings is 1. The number of methoxy groups -OCH3 is 1. The number of nitrogens with two attached hydrogens (primary N) is 1. The molecule has 0 unspecified atom stereocenters. The lowest BCUT2D eigenvalue weighted by molar-refractivity contribution is 0.367. The zero-order valence-electron chi connectivity index (χ0n) is 9.21. The Hall–Kier alpha value is -1.22. The zero-order chi connectivity index (χ0) is 11.1. The predicted molar refractivity (Wildman–Crippen MR) is 59.4 cm³/mol. The van der Waals surface area contributed by atoms with Gasteiger partial charge in [-0.1, -0.05) is 6.07 Å². The van der Waals surface area contributed by atoms with Gasteiger partial charge in [0, 0.05) is 17.5 Å². The minimum atomic E-state index is 0.00336. The third-order valence-corrected chi connectivity index (χ3v) is 3.25. The van der Waals surface area contributed by atoms with E-state index >= 15 is 0 Å². The molecule has 2 rings (SSSR count). The largest absolute Gasteiger partial charge is 0.504 e. The van der Waals surface area contributed by atoms with Crippen LogP contribution in [0.15, 0.2) is 12.1 Å². The lowest BCUT2D eigenvalue weighted by atomic mass is 9.93. The van der Waals surface area contributed by atoms with Crippen molar-refractivity contribution in [1.29, 1.82) is 0 Å². The highest BCUT2D eigenvalue weighted by Crippen LogP contribution is 2.52. The maximum Gasteiger partial charge on any atom is 0.161 e. The van der Waals surface area contributed by atoms with Crippen LogP contribution in [0.3, 0.4) is 0 Å². The molecule has 82 valence electrons. The molecule has 0 saturated heterocycles. The van der Waals surface area contributed by atoms with Crippen molar-refractivity contribution in [1.82, 2.24) is 0 Å². The van der Waals surface area contributed by atoms with Crippen molar-refractivity contribution in [2.45, 2.75) is 25.2 Å². The fraction of sp³-hybridized carbons (Fsp3) is 0.500. The van der Waals surface area contributed by atoms with Crippen molar-refractivity contribution in [3.63, 3.8) is 0 Å². The summed E-state index contributed by atoms with van der Waals surface area (Å²) in [4.78, 5) is 0. The van der Waals surface area contributed by atoms with Gasteiger partial charge in [0.2, 0.25) is 0 Å². The van der Waals surface area contributed by atoms with Crippen molar-refractivity contribution in [3.8, 4) is 11.5 Å². The first-order chi connectivity index (χ1) is 7.13. The van der Waals surface area contributed by atoms with Crippen molar-refractivity contribution in [2.75, 3.05) is 13.7 Å². The van der Waals surface area contributed by atoms with Crippen LogP contribution < -0.4 is 10.5 Å². The molecule has 0 aromatic heterocycles. The Morgan fingerprint density at radius 2 is 2.13 bits per heavy atom. The van der Waals surface area contributed by atoms with E-state index in [1.165, 1.54) is 0 Å². The van der Waals surface area contributed by atoms with Gasteiger partial charge in [-0.3, -0.25) is 0 Å². The van der Waals surface area contributed by atoms with E-state index in [4.69, 9.17) is 10.5 Å². The van der Waals surface area contributed by atoms with Crippen molar-refractivity contribution in [2.24, 2.45) is 5.73 Å². The van der Waals surface area contributed by atoms with Crippen LogP contribution in [0.4, 0.5) is 0 Å². The molecular formula is C12H17NO2. The van der Waals surface area contributed by atoms with E-state index in [1.54, 1.807) is 7.11 Å². The van der Waals surface area contributed by atoms with Gasteiger partial charge in [-0.2, -0.15) is 0 Å². The van der Waals surface area contributed by atoms with Gasteiger partial charge in [-0.25, -0.2) is 0 Å². The van der Waals surface area contributed by atoms with E-state index in [9.17, 15) is 5.11 Å². The molecular weight excluding hydrogens is 190 g/mol. The third-order valence-electron chi connectivity index (χ3n) is 3.25. The molecule has 0 aliphatic heterocycles. The first-order valence-electron chi connectivity index (χ1n) is 5.21. The van der Waals surface area contributed by atoms with Gasteiger partial charge in [0.15, 0.2) is 11.5 Å². The summed E-state index contributed by atoms with van der Waals surface area (Å²) < 4.78 is 5.14. The molecule has 1 aromatic carbocycles. The highest BCUT2D eigenvalue weighted by molar-refractivity contribution is 5.53. The summed E-state index contributed by atoms with van der Waals surface area (Å²) in [7, 11) is 1.57. The number of hydrogen-bond acceptors (Lipinski definition) is 3. The first kappa shape index (κ1) is 10.3. The van der Waals surface area contributed by atoms with E-state index in [1.807, 2.05) is 19.1 Å². The van der Waals surface area contributed by atoms with E-state index < -0.39 is 0 Å². The van der Waals surface area contributed by atoms with Gasteiger partial charge in [0.05, 0.1) is 7.11 Å². The number of phenols is 1. The van der Waals surface area contributed by atoms with E-state index in [0.29, 0.717) is 12.3 Å². The topological polar surface area (TPSA) is 55.5 Å². The van der Waals surface area contributed by atoms with Crippen molar-refractivity contribution in [3.05, 3.63) is 23.3 Å². The second-order valence-corrected chi connectivity index (χ2v) is 4.35. The predicted octanol–water partition coefficient (Wildman–Crippen LogP) is 1.70. The number of phenolic OH excluding ortho intramolecular Hbond substituents is 1. The molecule has 1 aliphatic rings. The highest BCUT2D eigenvalue weighted by atomic mass is 16.5. The average molecular weight is 207 g/mol. The summed E-state index contributed by atoms with van der Waals surface area (Å²) in [5.74, 6) is 0.802. The van der Waals surface area contributed by atoms with Gasteiger partial charge >= 0.3 is 0 Å². The summed E-state index contributed by atoms with van der Waals surface area (Å²) in [6.45, 7) is 2.59. The quantitative estimate of drug-likeness (QED) is 0.793. The summed E-state index contributed by atoms with van der Waals surface area (Å²) in [5.41, 5.74) is 7.81. The minimum Gasteiger partial charge on any atom is -0.504 e. The Morgan fingerprint density at radius 3 is 2.60 bits per heavy atom. The number of aromatic hydroxyl groups is 1. The molecule has 0 spiro atoms. The number of rotatable bonds is 3. The van der Waals surface area contributed by atoms with E-state index in [2.05, 4.69) is 0 Å². The summed E-state index contributed by atoms with van der Waals surface area (Å²) in [6.07, 6.45) is 2.12. The Kier molecular flexibility index (Phi) is 2.35. The summed E-state index contributed by atoms with van der Waals surface area (Å²) >= 11 is 0. The molecule has 0 radical (unpaired) electrons. The maximum atomic E-state index is 10.0. The van der Waals surface area contributed by atoms with Crippen LogP contribution in [0.2, 0.25) is 0 Å². The molecule has 1 aromatic rings. The van der Waals surface area contributed by atoms with Gasteiger partial charge in [-0.15, -0.1) is 0 Å². The van der Waals surface area contributed by atoms with E-state index in [0.717, 1.165) is 24.0 Å². The molecule has 3 N–H and O–H groups in total. The Bertz CT molecular complexity index is 383. The van der Waals surface area contributed by atoms with Crippen LogP contribution in [-0.2, 0) is 5.41 Å². The Morgan fingerprint density at radius 1 is 1.47 bits per heavy atom. The second kappa shape index (κ2) is 3.42. The van der Waals surface area contributed by atoms with Crippen LogP contribution in [0.1, 0.15) is 24.0 Å². The molecule has 1 saturated carbocycles. The smallest absolute Gasteiger partial charge is 0.161 e. The van der Waals surface area contributed by atoms with Gasteiger partial charge < -0.3 is 15.6 Å². The van der Waals surface area contributed by atoms with Gasteiger partial charge in [0.1, 0.15) is 0 Å². The number of ether oxygens (including phenoxy) is 1. The Labute approximate surface area is 89.9 Å². The zero-order valence-corrected chi connectivity index (χ0v) is 9.21. The third kappa shape index (κ3) is 1.57. The average Bonchev–Trinajstić information content (AvgIpc) is 3.01. The molecule has 15 heavy (non-hydrogen) atoms. The molecule has 0 heterocycles. The van der Waals surface area contributed by atoms with Gasteiger partial charge in [-0.05, 0) is 31.4 Å². The lowest BCUT2D eigenvalue weighted by Crippen LogP contribution is -2.20. The molecule has 0 amide bonds. The highest BCUT2D eigenvalue weighted by Gasteiger charge is 2.45. The molecule has 0 bridgehead atoms. The van der Waals surface area contributed by atoms with Crippen LogP contribution in [-0.4, -0.2) is 18.8 Å². The maximum absolute atomic E-state index is 10.0. The molecule has 0 atom stereocenters. The molecule has 3 heteroatoms. The van der Waals surface area contributed by atoms with Crippen molar-refractivity contribution < 1.29 is 9.84 Å². The number of hydrogen-bond donors (Lipinski definition) is 2. The first-order valence-corrected chi connectivity index (χ1v) is 5.21. The monoisotopic (exact) mass is 207 g/mol. The SMILES string of the molecule is COc1cc(C)cc(C2(CN)CC2)c1O. The molecule has 1 aliphatic carbocycles. The summed E-state index contributed by atoms with van der Waals surface area (Å²) in [5, 5.41) is 10.0. The molecule has 3 nitrogen and oxygen atoms in total. The second-order valence-electron chi connectivity index (χ2n) is 4.35. The molecule has 1 fully saturated rings. The summed E-state index contributed by atoms with van der Waals surface area (Å²) in [6, 6.07) is 3.85. The van der Waals surface area contributed by atoms with Crippen LogP contribution >= 0.6 is 0 Å². The normalized spacial score (nSPS) is 17.5.